The number of guanidine groups is 1. The van der Waals surface area contributed by atoms with Crippen molar-refractivity contribution < 1.29 is 0 Å². The van der Waals surface area contributed by atoms with Crippen LogP contribution in [0.25, 0.3) is 0 Å². The molecule has 21 heavy (non-hydrogen) atoms. The fourth-order valence-electron chi connectivity index (χ4n) is 1.84. The van der Waals surface area contributed by atoms with Crippen molar-refractivity contribution in [2.75, 3.05) is 13.1 Å². The number of nitrogens with zero attached hydrogens (tertiary/aromatic N) is 2. The highest BCUT2D eigenvalue weighted by Gasteiger charge is 2.20. The second-order valence-electron chi connectivity index (χ2n) is 5.08. The molecule has 0 unspecified atom stereocenters. The number of pyridine rings is 1. The fraction of sp³-hybridized carbons (Fsp3) is 0.500. The van der Waals surface area contributed by atoms with Crippen LogP contribution in [0.5, 0.6) is 0 Å². The average molecular weight is 326 g/mol. The predicted molar refractivity (Wildman–Crippen MR) is 90.5 cm³/mol. The third kappa shape index (κ3) is 6.27. The highest BCUT2D eigenvalue weighted by molar-refractivity contribution is 7.80. The molecule has 0 amide bonds. The van der Waals surface area contributed by atoms with E-state index in [0.717, 1.165) is 37.5 Å². The van der Waals surface area contributed by atoms with Gasteiger partial charge in [-0.2, -0.15) is 0 Å². The van der Waals surface area contributed by atoms with Gasteiger partial charge in [0.15, 0.2) is 11.1 Å². The minimum atomic E-state index is 0.227. The van der Waals surface area contributed by atoms with Crippen LogP contribution in [0.4, 0.5) is 0 Å². The van der Waals surface area contributed by atoms with E-state index in [1.165, 1.54) is 12.8 Å². The van der Waals surface area contributed by atoms with E-state index >= 15 is 0 Å². The first-order valence-electron chi connectivity index (χ1n) is 7.09. The molecule has 7 heteroatoms. The number of nitrogens with one attached hydrogen (secondary N) is 2. The zero-order valence-corrected chi connectivity index (χ0v) is 13.4. The van der Waals surface area contributed by atoms with Crippen LogP contribution in [0.3, 0.4) is 0 Å². The molecule has 0 aromatic carbocycles. The summed E-state index contributed by atoms with van der Waals surface area (Å²) in [6.07, 6.45) is 6.00. The zero-order valence-electron chi connectivity index (χ0n) is 11.8. The predicted octanol–water partition coefficient (Wildman–Crippen LogP) is 1.86. The normalized spacial score (nSPS) is 14.8. The summed E-state index contributed by atoms with van der Waals surface area (Å²) in [5.74, 6) is 1.38. The van der Waals surface area contributed by atoms with Gasteiger partial charge in [-0.15, -0.1) is 0 Å². The molecule has 0 aliphatic heterocycles. The molecule has 1 fully saturated rings. The van der Waals surface area contributed by atoms with Gasteiger partial charge in [-0.25, -0.2) is 0 Å². The second-order valence-corrected chi connectivity index (χ2v) is 5.93. The van der Waals surface area contributed by atoms with E-state index in [2.05, 4.69) is 20.6 Å². The highest BCUT2D eigenvalue weighted by Crippen LogP contribution is 2.28. The van der Waals surface area contributed by atoms with Crippen LogP contribution in [-0.2, 0) is 6.42 Å². The lowest BCUT2D eigenvalue weighted by Gasteiger charge is -2.11. The highest BCUT2D eigenvalue weighted by atomic mass is 35.5. The summed E-state index contributed by atoms with van der Waals surface area (Å²) in [6.45, 7) is 1.58. The number of aromatic nitrogens is 1. The fourth-order valence-corrected chi connectivity index (χ4v) is 2.15. The molecular weight excluding hydrogens is 306 g/mol. The number of rotatable bonds is 6. The Kier molecular flexibility index (Phi) is 6.20. The lowest BCUT2D eigenvalue weighted by molar-refractivity contribution is 0.742. The minimum Gasteiger partial charge on any atom is -0.376 e. The van der Waals surface area contributed by atoms with Crippen LogP contribution < -0.4 is 16.4 Å². The van der Waals surface area contributed by atoms with Gasteiger partial charge in [0.1, 0.15) is 0 Å². The average Bonchev–Trinajstić information content (AvgIpc) is 3.26. The van der Waals surface area contributed by atoms with Crippen molar-refractivity contribution in [1.82, 2.24) is 15.6 Å². The Labute approximate surface area is 135 Å². The van der Waals surface area contributed by atoms with Crippen molar-refractivity contribution in [3.05, 3.63) is 29.0 Å². The van der Waals surface area contributed by atoms with Crippen LogP contribution in [-0.4, -0.2) is 29.1 Å². The first kappa shape index (κ1) is 16.0. The molecule has 1 aromatic rings. The molecule has 0 saturated heterocycles. The largest absolute Gasteiger partial charge is 0.376 e. The van der Waals surface area contributed by atoms with Gasteiger partial charge in [0.25, 0.3) is 0 Å². The monoisotopic (exact) mass is 325 g/mol. The van der Waals surface area contributed by atoms with Gasteiger partial charge >= 0.3 is 0 Å². The van der Waals surface area contributed by atoms with Crippen LogP contribution in [0.15, 0.2) is 23.3 Å². The number of halogens is 1. The van der Waals surface area contributed by atoms with Gasteiger partial charge in [-0.3, -0.25) is 9.98 Å². The number of hydrogen-bond acceptors (Lipinski definition) is 3. The maximum atomic E-state index is 6.07. The molecular formula is C14H20ClN5S. The van der Waals surface area contributed by atoms with E-state index in [-0.39, 0.29) is 5.11 Å². The maximum Gasteiger partial charge on any atom is 0.197 e. The topological polar surface area (TPSA) is 75.3 Å². The third-order valence-corrected chi connectivity index (χ3v) is 3.61. The van der Waals surface area contributed by atoms with Crippen molar-refractivity contribution >= 4 is 34.9 Å². The zero-order chi connectivity index (χ0) is 15.1. The summed E-state index contributed by atoms with van der Waals surface area (Å²) < 4.78 is 0. The molecule has 1 heterocycles. The summed E-state index contributed by atoms with van der Waals surface area (Å²) in [5.41, 5.74) is 6.42. The van der Waals surface area contributed by atoms with E-state index in [1.54, 1.807) is 6.20 Å². The van der Waals surface area contributed by atoms with Crippen molar-refractivity contribution in [2.24, 2.45) is 16.6 Å². The standard InChI is InChI=1S/C14H20ClN5S/c15-11-3-1-7-17-12(11)4-2-8-18-14(20-13(16)21)19-9-10-5-6-10/h1,3,7,10H,2,4-6,8-9H2,(H4,16,18,19,20,21). The van der Waals surface area contributed by atoms with E-state index in [1.807, 2.05) is 12.1 Å². The van der Waals surface area contributed by atoms with Crippen molar-refractivity contribution in [3.8, 4) is 0 Å². The third-order valence-electron chi connectivity index (χ3n) is 3.16. The number of thiocarbonyl (C=S) groups is 1. The van der Waals surface area contributed by atoms with Crippen LogP contribution in [0.2, 0.25) is 5.02 Å². The molecule has 0 radical (unpaired) electrons. The number of aliphatic imine (C=N–C) groups is 1. The first-order chi connectivity index (χ1) is 10.1. The number of aryl methyl sites for hydroxylation is 1. The molecule has 5 nitrogen and oxygen atoms in total. The van der Waals surface area contributed by atoms with E-state index in [9.17, 15) is 0 Å². The smallest absolute Gasteiger partial charge is 0.197 e. The molecule has 114 valence electrons. The Bertz CT molecular complexity index is 516. The van der Waals surface area contributed by atoms with Gasteiger partial charge in [0.2, 0.25) is 0 Å². The van der Waals surface area contributed by atoms with Gasteiger partial charge in [-0.1, -0.05) is 11.6 Å². The second kappa shape index (κ2) is 8.14. The molecule has 1 aliphatic rings. The van der Waals surface area contributed by atoms with Crippen LogP contribution >= 0.6 is 23.8 Å². The molecule has 0 atom stereocenters. The van der Waals surface area contributed by atoms with E-state index in [4.69, 9.17) is 29.6 Å². The van der Waals surface area contributed by atoms with Gasteiger partial charge in [-0.05, 0) is 56.0 Å². The summed E-state index contributed by atoms with van der Waals surface area (Å²) in [4.78, 5) is 8.74. The van der Waals surface area contributed by atoms with Gasteiger partial charge < -0.3 is 16.4 Å². The number of hydrogen-bond donors (Lipinski definition) is 3. The molecule has 4 N–H and O–H groups in total. The molecule has 2 rings (SSSR count). The Morgan fingerprint density at radius 3 is 3.00 bits per heavy atom. The minimum absolute atomic E-state index is 0.227. The molecule has 0 spiro atoms. The maximum absolute atomic E-state index is 6.07. The van der Waals surface area contributed by atoms with E-state index in [0.29, 0.717) is 11.0 Å². The Balaban J connectivity index is 1.74. The Morgan fingerprint density at radius 1 is 1.52 bits per heavy atom. The lowest BCUT2D eigenvalue weighted by atomic mass is 10.2. The molecule has 1 aromatic heterocycles. The van der Waals surface area contributed by atoms with Crippen LogP contribution in [0.1, 0.15) is 25.0 Å². The summed E-state index contributed by atoms with van der Waals surface area (Å²) in [5, 5.41) is 7.04. The Hall–Kier alpha value is -1.40. The first-order valence-corrected chi connectivity index (χ1v) is 7.88. The quantitative estimate of drug-likeness (QED) is 0.322. The lowest BCUT2D eigenvalue weighted by Crippen LogP contribution is -2.44. The van der Waals surface area contributed by atoms with E-state index < -0.39 is 0 Å². The summed E-state index contributed by atoms with van der Waals surface area (Å²) in [7, 11) is 0. The summed E-state index contributed by atoms with van der Waals surface area (Å²) in [6, 6.07) is 3.69. The van der Waals surface area contributed by atoms with Crippen molar-refractivity contribution in [3.63, 3.8) is 0 Å². The Morgan fingerprint density at radius 2 is 2.33 bits per heavy atom. The molecule has 1 saturated carbocycles. The molecule has 1 aliphatic carbocycles. The SMILES string of the molecule is NC(=S)NC(=NCC1CC1)NCCCc1ncccc1Cl. The molecule has 0 bridgehead atoms. The van der Waals surface area contributed by atoms with Crippen molar-refractivity contribution in [1.29, 1.82) is 0 Å². The number of nitrogens with two attached hydrogens (primary N) is 1. The van der Waals surface area contributed by atoms with Gasteiger partial charge in [0.05, 0.1) is 10.7 Å². The summed E-state index contributed by atoms with van der Waals surface area (Å²) >= 11 is 10.9. The van der Waals surface area contributed by atoms with Crippen molar-refractivity contribution in [2.45, 2.75) is 25.7 Å². The van der Waals surface area contributed by atoms with Gasteiger partial charge in [0, 0.05) is 19.3 Å². The van der Waals surface area contributed by atoms with Crippen LogP contribution in [0, 0.1) is 5.92 Å².